The Hall–Kier alpha value is -2.04. The number of rotatable bonds is 4. The second-order valence-electron chi connectivity index (χ2n) is 4.46. The minimum Gasteiger partial charge on any atom is -0.493 e. The Morgan fingerprint density at radius 3 is 2.58 bits per heavy atom. The van der Waals surface area contributed by atoms with Gasteiger partial charge in [-0.3, -0.25) is 0 Å². The van der Waals surface area contributed by atoms with E-state index in [1.54, 1.807) is 14.2 Å². The van der Waals surface area contributed by atoms with E-state index in [2.05, 4.69) is 17.1 Å². The summed E-state index contributed by atoms with van der Waals surface area (Å²) in [6, 6.07) is 5.78. The summed E-state index contributed by atoms with van der Waals surface area (Å²) in [7, 11) is 3.24. The van der Waals surface area contributed by atoms with Crippen LogP contribution in [0.4, 0.5) is 0 Å². The molecule has 1 heterocycles. The molecule has 0 saturated heterocycles. The van der Waals surface area contributed by atoms with Crippen molar-refractivity contribution in [2.24, 2.45) is 21.9 Å². The molecule has 5 heteroatoms. The zero-order chi connectivity index (χ0) is 13.8. The van der Waals surface area contributed by atoms with Crippen LogP contribution in [0.2, 0.25) is 0 Å². The highest BCUT2D eigenvalue weighted by atomic mass is 16.5. The van der Waals surface area contributed by atoms with Crippen molar-refractivity contribution in [3.05, 3.63) is 23.8 Å². The SMILES string of the molecule is CCC1CC(N)=NN=C1c1ccc(OC)c(OC)c1. The largest absolute Gasteiger partial charge is 0.493 e. The molecule has 2 N–H and O–H groups in total. The Kier molecular flexibility index (Phi) is 4.04. The Labute approximate surface area is 113 Å². The minimum absolute atomic E-state index is 0.301. The predicted molar refractivity (Wildman–Crippen MR) is 76.1 cm³/mol. The Bertz CT molecular complexity index is 523. The lowest BCUT2D eigenvalue weighted by Crippen LogP contribution is -2.26. The van der Waals surface area contributed by atoms with Crippen molar-refractivity contribution in [2.75, 3.05) is 14.2 Å². The van der Waals surface area contributed by atoms with Gasteiger partial charge in [0.15, 0.2) is 11.5 Å². The number of methoxy groups -OCH3 is 2. The van der Waals surface area contributed by atoms with Gasteiger partial charge in [0.1, 0.15) is 5.84 Å². The molecular formula is C14H19N3O2. The number of hydrogen-bond acceptors (Lipinski definition) is 5. The van der Waals surface area contributed by atoms with Crippen LogP contribution in [0.15, 0.2) is 28.4 Å². The van der Waals surface area contributed by atoms with E-state index in [-0.39, 0.29) is 0 Å². The summed E-state index contributed by atoms with van der Waals surface area (Å²) in [5, 5.41) is 8.24. The lowest BCUT2D eigenvalue weighted by atomic mass is 9.90. The van der Waals surface area contributed by atoms with Gasteiger partial charge >= 0.3 is 0 Å². The van der Waals surface area contributed by atoms with E-state index in [4.69, 9.17) is 15.2 Å². The molecule has 0 aliphatic carbocycles. The van der Waals surface area contributed by atoms with Crippen LogP contribution in [-0.2, 0) is 0 Å². The third-order valence-electron chi connectivity index (χ3n) is 3.30. The first-order valence-corrected chi connectivity index (χ1v) is 6.31. The highest BCUT2D eigenvalue weighted by Gasteiger charge is 2.22. The van der Waals surface area contributed by atoms with Gasteiger partial charge in [0.05, 0.1) is 19.9 Å². The van der Waals surface area contributed by atoms with Gasteiger partial charge in [0.2, 0.25) is 0 Å². The van der Waals surface area contributed by atoms with E-state index < -0.39 is 0 Å². The van der Waals surface area contributed by atoms with Gasteiger partial charge in [-0.05, 0) is 24.6 Å². The molecule has 0 aromatic heterocycles. The van der Waals surface area contributed by atoms with Crippen molar-refractivity contribution < 1.29 is 9.47 Å². The zero-order valence-electron chi connectivity index (χ0n) is 11.5. The summed E-state index contributed by atoms with van der Waals surface area (Å²) in [4.78, 5) is 0. The molecule has 0 amide bonds. The molecular weight excluding hydrogens is 242 g/mol. The lowest BCUT2D eigenvalue weighted by molar-refractivity contribution is 0.355. The molecule has 102 valence electrons. The first kappa shape index (κ1) is 13.4. The van der Waals surface area contributed by atoms with Crippen LogP contribution in [0.1, 0.15) is 25.3 Å². The molecule has 1 aliphatic heterocycles. The summed E-state index contributed by atoms with van der Waals surface area (Å²) < 4.78 is 10.6. The molecule has 1 aromatic carbocycles. The number of nitrogens with zero attached hydrogens (tertiary/aromatic N) is 2. The summed E-state index contributed by atoms with van der Waals surface area (Å²) in [6.45, 7) is 2.12. The molecule has 1 aliphatic rings. The molecule has 0 spiro atoms. The molecule has 0 saturated carbocycles. The van der Waals surface area contributed by atoms with Crippen LogP contribution < -0.4 is 15.2 Å². The molecule has 0 radical (unpaired) electrons. The third-order valence-corrected chi connectivity index (χ3v) is 3.30. The quantitative estimate of drug-likeness (QED) is 0.903. The third kappa shape index (κ3) is 2.70. The molecule has 19 heavy (non-hydrogen) atoms. The molecule has 2 rings (SSSR count). The summed E-state index contributed by atoms with van der Waals surface area (Å²) >= 11 is 0. The van der Waals surface area contributed by atoms with Gasteiger partial charge < -0.3 is 15.2 Å². The monoisotopic (exact) mass is 261 g/mol. The maximum Gasteiger partial charge on any atom is 0.161 e. The number of amidine groups is 1. The van der Waals surface area contributed by atoms with E-state index in [0.29, 0.717) is 23.3 Å². The first-order valence-electron chi connectivity index (χ1n) is 6.31. The van der Waals surface area contributed by atoms with Gasteiger partial charge in [0, 0.05) is 17.9 Å². The van der Waals surface area contributed by atoms with Crippen molar-refractivity contribution in [1.29, 1.82) is 0 Å². The maximum atomic E-state index is 5.74. The van der Waals surface area contributed by atoms with Crippen LogP contribution in [0.3, 0.4) is 0 Å². The van der Waals surface area contributed by atoms with Crippen LogP contribution in [0.5, 0.6) is 11.5 Å². The molecule has 1 aromatic rings. The second-order valence-corrected chi connectivity index (χ2v) is 4.46. The maximum absolute atomic E-state index is 5.74. The number of hydrogen-bond donors (Lipinski definition) is 1. The summed E-state index contributed by atoms with van der Waals surface area (Å²) in [5.74, 6) is 2.30. The molecule has 1 atom stereocenters. The molecule has 0 fully saturated rings. The van der Waals surface area contributed by atoms with E-state index >= 15 is 0 Å². The van der Waals surface area contributed by atoms with Crippen LogP contribution >= 0.6 is 0 Å². The van der Waals surface area contributed by atoms with E-state index in [9.17, 15) is 0 Å². The van der Waals surface area contributed by atoms with E-state index in [1.807, 2.05) is 18.2 Å². The van der Waals surface area contributed by atoms with Crippen molar-refractivity contribution in [2.45, 2.75) is 19.8 Å². The second kappa shape index (κ2) is 5.73. The van der Waals surface area contributed by atoms with E-state index in [0.717, 1.165) is 24.1 Å². The average molecular weight is 261 g/mol. The normalized spacial score (nSPS) is 18.6. The van der Waals surface area contributed by atoms with Gasteiger partial charge in [-0.15, -0.1) is 5.10 Å². The van der Waals surface area contributed by atoms with Crippen molar-refractivity contribution >= 4 is 11.5 Å². The highest BCUT2D eigenvalue weighted by molar-refractivity contribution is 6.06. The standard InChI is InChI=1S/C14H19N3O2/c1-4-9-8-13(15)16-17-14(9)10-5-6-11(18-2)12(7-10)19-3/h5-7,9H,4,8H2,1-3H3,(H2,15,16). The predicted octanol–water partition coefficient (Wildman–Crippen LogP) is 2.20. The van der Waals surface area contributed by atoms with Crippen molar-refractivity contribution in [3.8, 4) is 11.5 Å². The lowest BCUT2D eigenvalue weighted by Gasteiger charge is -2.20. The van der Waals surface area contributed by atoms with Crippen molar-refractivity contribution in [1.82, 2.24) is 0 Å². The van der Waals surface area contributed by atoms with E-state index in [1.165, 1.54) is 0 Å². The Morgan fingerprint density at radius 1 is 1.21 bits per heavy atom. The average Bonchev–Trinajstić information content (AvgIpc) is 2.46. The van der Waals surface area contributed by atoms with Crippen LogP contribution in [0, 0.1) is 5.92 Å². The number of ether oxygens (including phenoxy) is 2. The summed E-state index contributed by atoms with van der Waals surface area (Å²) in [6.07, 6.45) is 1.73. The fourth-order valence-corrected chi connectivity index (χ4v) is 2.22. The van der Waals surface area contributed by atoms with Gasteiger partial charge in [-0.2, -0.15) is 5.10 Å². The van der Waals surface area contributed by atoms with Gasteiger partial charge in [-0.25, -0.2) is 0 Å². The van der Waals surface area contributed by atoms with Gasteiger partial charge in [0.25, 0.3) is 0 Å². The first-order chi connectivity index (χ1) is 9.19. The zero-order valence-corrected chi connectivity index (χ0v) is 11.5. The fourth-order valence-electron chi connectivity index (χ4n) is 2.22. The molecule has 1 unspecified atom stereocenters. The fraction of sp³-hybridized carbons (Fsp3) is 0.429. The number of benzene rings is 1. The number of nitrogens with two attached hydrogens (primary N) is 1. The molecule has 0 bridgehead atoms. The Balaban J connectivity index is 2.40. The van der Waals surface area contributed by atoms with Gasteiger partial charge in [-0.1, -0.05) is 6.92 Å². The smallest absolute Gasteiger partial charge is 0.161 e. The topological polar surface area (TPSA) is 69.2 Å². The van der Waals surface area contributed by atoms with Crippen LogP contribution in [0.25, 0.3) is 0 Å². The minimum atomic E-state index is 0.301. The van der Waals surface area contributed by atoms with Crippen molar-refractivity contribution in [3.63, 3.8) is 0 Å². The summed E-state index contributed by atoms with van der Waals surface area (Å²) in [5.41, 5.74) is 7.70. The Morgan fingerprint density at radius 2 is 1.95 bits per heavy atom. The highest BCUT2D eigenvalue weighted by Crippen LogP contribution is 2.30. The van der Waals surface area contributed by atoms with Crippen LogP contribution in [-0.4, -0.2) is 25.8 Å². The molecule has 5 nitrogen and oxygen atoms in total.